The van der Waals surface area contributed by atoms with Gasteiger partial charge in [-0.25, -0.2) is 0 Å². The first-order chi connectivity index (χ1) is 14.4. The summed E-state index contributed by atoms with van der Waals surface area (Å²) in [5.41, 5.74) is 2.71. The van der Waals surface area contributed by atoms with Crippen molar-refractivity contribution in [3.63, 3.8) is 0 Å². The molecule has 0 atom stereocenters. The minimum Gasteiger partial charge on any atom is -0.326 e. The average molecular weight is 424 g/mol. The molecule has 10 heteroatoms. The highest BCUT2D eigenvalue weighted by Crippen LogP contribution is 2.22. The molecule has 9 nitrogen and oxygen atoms in total. The van der Waals surface area contributed by atoms with E-state index in [-0.39, 0.29) is 23.5 Å². The number of benzene rings is 2. The Bertz CT molecular complexity index is 1060. The number of nitrogens with one attached hydrogen (secondary N) is 3. The second kappa shape index (κ2) is 9.70. The van der Waals surface area contributed by atoms with Crippen LogP contribution in [0.5, 0.6) is 0 Å². The van der Waals surface area contributed by atoms with E-state index >= 15 is 0 Å². The molecule has 3 aromatic rings. The normalized spacial score (nSPS) is 10.3. The van der Waals surface area contributed by atoms with Gasteiger partial charge in [-0.05, 0) is 42.5 Å². The molecular weight excluding hydrogens is 404 g/mol. The van der Waals surface area contributed by atoms with E-state index in [1.807, 2.05) is 12.1 Å². The van der Waals surface area contributed by atoms with Crippen LogP contribution in [-0.2, 0) is 14.4 Å². The Balaban J connectivity index is 1.61. The molecule has 1 heterocycles. The lowest BCUT2D eigenvalue weighted by Gasteiger charge is -2.09. The van der Waals surface area contributed by atoms with Crippen LogP contribution < -0.4 is 16.0 Å². The predicted molar refractivity (Wildman–Crippen MR) is 116 cm³/mol. The lowest BCUT2D eigenvalue weighted by molar-refractivity contribution is -0.115. The van der Waals surface area contributed by atoms with Crippen LogP contribution in [0, 0.1) is 0 Å². The fourth-order valence-electron chi connectivity index (χ4n) is 2.60. The molecular formula is C20H20N6O3S. The summed E-state index contributed by atoms with van der Waals surface area (Å²) in [6.45, 7) is 2.88. The van der Waals surface area contributed by atoms with Crippen molar-refractivity contribution in [2.24, 2.45) is 0 Å². The first-order valence-electron chi connectivity index (χ1n) is 8.99. The average Bonchev–Trinajstić information content (AvgIpc) is 3.16. The summed E-state index contributed by atoms with van der Waals surface area (Å²) >= 11 is 1.24. The monoisotopic (exact) mass is 424 g/mol. The van der Waals surface area contributed by atoms with Crippen molar-refractivity contribution in [2.45, 2.75) is 19.0 Å². The molecule has 0 saturated heterocycles. The summed E-state index contributed by atoms with van der Waals surface area (Å²) in [6.07, 6.45) is 1.55. The van der Waals surface area contributed by atoms with Crippen molar-refractivity contribution < 1.29 is 14.4 Å². The highest BCUT2D eigenvalue weighted by atomic mass is 32.2. The molecule has 0 unspecified atom stereocenters. The first kappa shape index (κ1) is 21.1. The molecule has 3 N–H and O–H groups in total. The zero-order valence-corrected chi connectivity index (χ0v) is 17.2. The Morgan fingerprint density at radius 2 is 1.53 bits per heavy atom. The van der Waals surface area contributed by atoms with Gasteiger partial charge in [-0.3, -0.25) is 19.0 Å². The summed E-state index contributed by atoms with van der Waals surface area (Å²) in [5, 5.41) is 16.7. The Hall–Kier alpha value is -3.66. The third-order valence-electron chi connectivity index (χ3n) is 3.78. The summed E-state index contributed by atoms with van der Waals surface area (Å²) in [7, 11) is 0. The number of hydrogen-bond acceptors (Lipinski definition) is 6. The van der Waals surface area contributed by atoms with E-state index < -0.39 is 0 Å². The number of carbonyl (C=O) groups excluding carboxylic acids is 3. The van der Waals surface area contributed by atoms with Crippen molar-refractivity contribution in [1.82, 2.24) is 14.8 Å². The van der Waals surface area contributed by atoms with Crippen molar-refractivity contribution in [2.75, 3.05) is 21.7 Å². The van der Waals surface area contributed by atoms with Gasteiger partial charge in [0.25, 0.3) is 0 Å². The number of hydrogen-bond donors (Lipinski definition) is 3. The van der Waals surface area contributed by atoms with Gasteiger partial charge in [-0.2, -0.15) is 0 Å². The Morgan fingerprint density at radius 1 is 0.900 bits per heavy atom. The largest absolute Gasteiger partial charge is 0.326 e. The van der Waals surface area contributed by atoms with Gasteiger partial charge in [0.05, 0.1) is 11.4 Å². The maximum Gasteiger partial charge on any atom is 0.234 e. The minimum absolute atomic E-state index is 0.136. The standard InChI is InChI=1S/C20H20N6O3S/c1-13(27)22-15-6-8-16(9-7-15)24-19(29)11-30-20-25-21-12-26(20)18-5-3-4-17(10-18)23-14(2)28/h3-10,12H,11H2,1-2H3,(H,22,27)(H,23,28)(H,24,29). The van der Waals surface area contributed by atoms with Crippen LogP contribution in [0.2, 0.25) is 0 Å². The maximum atomic E-state index is 12.3. The van der Waals surface area contributed by atoms with Crippen molar-refractivity contribution >= 4 is 46.5 Å². The molecule has 30 heavy (non-hydrogen) atoms. The zero-order valence-electron chi connectivity index (χ0n) is 16.4. The molecule has 0 aliphatic heterocycles. The molecule has 0 spiro atoms. The van der Waals surface area contributed by atoms with Gasteiger partial charge in [0.15, 0.2) is 5.16 Å². The van der Waals surface area contributed by atoms with Gasteiger partial charge in [0.2, 0.25) is 17.7 Å². The quantitative estimate of drug-likeness (QED) is 0.502. The minimum atomic E-state index is -0.200. The van der Waals surface area contributed by atoms with Gasteiger partial charge in [0, 0.05) is 30.9 Å². The zero-order chi connectivity index (χ0) is 21.5. The summed E-state index contributed by atoms with van der Waals surface area (Å²) in [5.74, 6) is -0.381. The van der Waals surface area contributed by atoms with Gasteiger partial charge in [-0.1, -0.05) is 17.8 Å². The summed E-state index contributed by atoms with van der Waals surface area (Å²) in [6, 6.07) is 14.1. The van der Waals surface area contributed by atoms with Crippen molar-refractivity contribution in [3.8, 4) is 5.69 Å². The van der Waals surface area contributed by atoms with Crippen LogP contribution in [0.3, 0.4) is 0 Å². The Labute approximate surface area is 177 Å². The van der Waals surface area contributed by atoms with Crippen LogP contribution >= 0.6 is 11.8 Å². The summed E-state index contributed by atoms with van der Waals surface area (Å²) in [4.78, 5) is 34.6. The van der Waals surface area contributed by atoms with E-state index in [0.717, 1.165) is 5.69 Å². The van der Waals surface area contributed by atoms with E-state index in [9.17, 15) is 14.4 Å². The lowest BCUT2D eigenvalue weighted by atomic mass is 10.2. The first-order valence-corrected chi connectivity index (χ1v) is 9.97. The highest BCUT2D eigenvalue weighted by Gasteiger charge is 2.11. The second-order valence-corrected chi connectivity index (χ2v) is 7.25. The molecule has 154 valence electrons. The van der Waals surface area contributed by atoms with E-state index in [1.165, 1.54) is 25.6 Å². The Morgan fingerprint density at radius 3 is 2.20 bits per heavy atom. The van der Waals surface area contributed by atoms with Gasteiger partial charge in [-0.15, -0.1) is 10.2 Å². The number of thioether (sulfide) groups is 1. The highest BCUT2D eigenvalue weighted by molar-refractivity contribution is 7.99. The van der Waals surface area contributed by atoms with Crippen LogP contribution in [-0.4, -0.2) is 38.2 Å². The number of amides is 3. The predicted octanol–water partition coefficient (Wildman–Crippen LogP) is 2.91. The lowest BCUT2D eigenvalue weighted by Crippen LogP contribution is -2.14. The molecule has 3 rings (SSSR count). The molecule has 0 saturated carbocycles. The number of aromatic nitrogens is 3. The second-order valence-electron chi connectivity index (χ2n) is 6.31. The molecule has 2 aromatic carbocycles. The van der Waals surface area contributed by atoms with Gasteiger partial charge in [0.1, 0.15) is 6.33 Å². The van der Waals surface area contributed by atoms with Gasteiger partial charge >= 0.3 is 0 Å². The molecule has 3 amide bonds. The maximum absolute atomic E-state index is 12.3. The van der Waals surface area contributed by atoms with Gasteiger partial charge < -0.3 is 16.0 Å². The fourth-order valence-corrected chi connectivity index (χ4v) is 3.33. The van der Waals surface area contributed by atoms with E-state index in [4.69, 9.17) is 0 Å². The van der Waals surface area contributed by atoms with Crippen LogP contribution in [0.1, 0.15) is 13.8 Å². The number of nitrogens with zero attached hydrogens (tertiary/aromatic N) is 3. The van der Waals surface area contributed by atoms with E-state index in [1.54, 1.807) is 47.3 Å². The third-order valence-corrected chi connectivity index (χ3v) is 4.73. The smallest absolute Gasteiger partial charge is 0.234 e. The molecule has 0 radical (unpaired) electrons. The molecule has 0 fully saturated rings. The topological polar surface area (TPSA) is 118 Å². The number of rotatable bonds is 7. The van der Waals surface area contributed by atoms with Crippen LogP contribution in [0.25, 0.3) is 5.69 Å². The molecule has 1 aromatic heterocycles. The van der Waals surface area contributed by atoms with Crippen molar-refractivity contribution in [3.05, 3.63) is 54.9 Å². The van der Waals surface area contributed by atoms with Crippen LogP contribution in [0.15, 0.2) is 60.0 Å². The fraction of sp³-hybridized carbons (Fsp3) is 0.150. The van der Waals surface area contributed by atoms with E-state index in [0.29, 0.717) is 22.2 Å². The Kier molecular flexibility index (Phi) is 6.81. The third kappa shape index (κ3) is 5.92. The van der Waals surface area contributed by atoms with E-state index in [2.05, 4.69) is 26.1 Å². The number of carbonyl (C=O) groups is 3. The van der Waals surface area contributed by atoms with Crippen molar-refractivity contribution in [1.29, 1.82) is 0 Å². The molecule has 0 aliphatic rings. The molecule has 0 aliphatic carbocycles. The number of anilines is 3. The SMILES string of the molecule is CC(=O)Nc1ccc(NC(=O)CSc2nncn2-c2cccc(NC(C)=O)c2)cc1. The summed E-state index contributed by atoms with van der Waals surface area (Å²) < 4.78 is 1.74. The molecule has 0 bridgehead atoms. The van der Waals surface area contributed by atoms with Crippen LogP contribution in [0.4, 0.5) is 17.1 Å².